The van der Waals surface area contributed by atoms with Crippen molar-refractivity contribution in [1.29, 1.82) is 0 Å². The molecule has 0 fully saturated rings. The SMILES string of the molecule is [B]OC(=O)c1csc(CC(/C=C(C)/C=C/C(C)=C/CN(C)C)OC(=O)/C=C\C=C(/C)CC(C)O)n1. The molecule has 2 radical (unpaired) electrons. The number of hydrogen-bond acceptors (Lipinski definition) is 8. The van der Waals surface area contributed by atoms with Crippen molar-refractivity contribution in [2.45, 2.75) is 52.7 Å². The highest BCUT2D eigenvalue weighted by Crippen LogP contribution is 2.16. The van der Waals surface area contributed by atoms with Crippen LogP contribution in [-0.2, 0) is 20.6 Å². The molecule has 1 N–H and O–H groups in total. The van der Waals surface area contributed by atoms with Gasteiger partial charge in [0.25, 0.3) is 0 Å². The minimum atomic E-state index is -0.724. The summed E-state index contributed by atoms with van der Waals surface area (Å²) in [6, 6.07) is 0. The molecule has 0 aliphatic rings. The van der Waals surface area contributed by atoms with E-state index in [4.69, 9.17) is 12.8 Å². The first-order chi connectivity index (χ1) is 16.5. The van der Waals surface area contributed by atoms with Crippen LogP contribution in [0.4, 0.5) is 0 Å². The van der Waals surface area contributed by atoms with Crippen LogP contribution in [0.25, 0.3) is 0 Å². The van der Waals surface area contributed by atoms with Gasteiger partial charge in [0.15, 0.2) is 5.69 Å². The summed E-state index contributed by atoms with van der Waals surface area (Å²) in [4.78, 5) is 30.4. The second-order valence-corrected chi connectivity index (χ2v) is 9.53. The smallest absolute Gasteiger partial charge is 0.378 e. The molecule has 0 aromatic carbocycles. The highest BCUT2D eigenvalue weighted by Gasteiger charge is 2.16. The van der Waals surface area contributed by atoms with E-state index in [-0.39, 0.29) is 5.69 Å². The van der Waals surface area contributed by atoms with Crippen LogP contribution in [0, 0.1) is 0 Å². The first kappa shape index (κ1) is 30.3. The van der Waals surface area contributed by atoms with Crippen molar-refractivity contribution < 1.29 is 24.1 Å². The molecule has 1 heterocycles. The van der Waals surface area contributed by atoms with Crippen LogP contribution in [0.3, 0.4) is 0 Å². The van der Waals surface area contributed by atoms with Gasteiger partial charge in [0, 0.05) is 24.4 Å². The molecule has 0 bridgehead atoms. The van der Waals surface area contributed by atoms with Crippen LogP contribution in [0.5, 0.6) is 0 Å². The van der Waals surface area contributed by atoms with Gasteiger partial charge in [-0.05, 0) is 54.3 Å². The molecule has 0 amide bonds. The number of esters is 1. The zero-order chi connectivity index (χ0) is 26.4. The molecule has 0 aliphatic carbocycles. The number of carbonyl (C=O) groups is 2. The van der Waals surface area contributed by atoms with Gasteiger partial charge in [-0.1, -0.05) is 47.1 Å². The lowest BCUT2D eigenvalue weighted by molar-refractivity contribution is -0.140. The van der Waals surface area contributed by atoms with E-state index in [9.17, 15) is 14.7 Å². The highest BCUT2D eigenvalue weighted by molar-refractivity contribution is 7.09. The molecular formula is C26H35BN2O5S. The van der Waals surface area contributed by atoms with Gasteiger partial charge in [-0.3, -0.25) is 0 Å². The number of rotatable bonds is 13. The van der Waals surface area contributed by atoms with Crippen molar-refractivity contribution in [2.24, 2.45) is 0 Å². The topological polar surface area (TPSA) is 89.0 Å². The molecule has 1 aromatic rings. The van der Waals surface area contributed by atoms with Crippen LogP contribution in [0.2, 0.25) is 0 Å². The fourth-order valence-corrected chi connectivity index (χ4v) is 3.69. The maximum atomic E-state index is 12.4. The molecule has 35 heavy (non-hydrogen) atoms. The van der Waals surface area contributed by atoms with Crippen LogP contribution in [0.1, 0.15) is 49.6 Å². The standard InChI is InChI=1S/C26H35BN2O5S/c1-18(12-13-29(5)6)10-11-20(3)15-22(16-24-28-23(17-35-24)26(32)34-27)33-25(31)9-7-8-19(2)14-21(4)30/h7-12,15,17,21-22,30H,13-14,16H2,1-6H3/b9-7-,11-10+,18-12+,19-8+,20-15+. The number of thiazole rings is 1. The minimum Gasteiger partial charge on any atom is -0.539 e. The second-order valence-electron chi connectivity index (χ2n) is 8.59. The Morgan fingerprint density at radius 3 is 2.51 bits per heavy atom. The molecule has 0 saturated carbocycles. The Morgan fingerprint density at radius 1 is 1.20 bits per heavy atom. The van der Waals surface area contributed by atoms with E-state index in [0.29, 0.717) is 17.8 Å². The molecule has 7 nitrogen and oxygen atoms in total. The molecule has 2 atom stereocenters. The Balaban J connectivity index is 3.01. The molecule has 0 spiro atoms. The average molecular weight is 498 g/mol. The number of aromatic nitrogens is 1. The maximum absolute atomic E-state index is 12.4. The van der Waals surface area contributed by atoms with Crippen LogP contribution >= 0.6 is 11.3 Å². The first-order valence-electron chi connectivity index (χ1n) is 11.3. The predicted molar refractivity (Wildman–Crippen MR) is 141 cm³/mol. The molecule has 1 rings (SSSR count). The summed E-state index contributed by atoms with van der Waals surface area (Å²) in [6.07, 6.45) is 12.4. The predicted octanol–water partition coefficient (Wildman–Crippen LogP) is 4.12. The lowest BCUT2D eigenvalue weighted by Crippen LogP contribution is -2.18. The second kappa shape index (κ2) is 16.0. The van der Waals surface area contributed by atoms with Crippen molar-refractivity contribution in [3.05, 3.63) is 75.3 Å². The Labute approximate surface area is 214 Å². The van der Waals surface area contributed by atoms with Gasteiger partial charge in [-0.25, -0.2) is 14.6 Å². The Morgan fingerprint density at radius 2 is 1.89 bits per heavy atom. The van der Waals surface area contributed by atoms with Crippen LogP contribution in [-0.4, -0.2) is 67.8 Å². The number of nitrogens with zero attached hydrogens (tertiary/aromatic N) is 2. The van der Waals surface area contributed by atoms with Gasteiger partial charge in [-0.15, -0.1) is 11.3 Å². The third kappa shape index (κ3) is 13.7. The van der Waals surface area contributed by atoms with Crippen molar-refractivity contribution in [2.75, 3.05) is 20.6 Å². The highest BCUT2D eigenvalue weighted by atomic mass is 32.1. The normalized spacial score (nSPS) is 15.1. The largest absolute Gasteiger partial charge is 0.539 e. The molecule has 188 valence electrons. The van der Waals surface area contributed by atoms with E-state index >= 15 is 0 Å². The zero-order valence-electron chi connectivity index (χ0n) is 21.4. The molecular weight excluding hydrogens is 463 g/mol. The lowest BCUT2D eigenvalue weighted by Gasteiger charge is -2.13. The molecule has 9 heteroatoms. The third-order valence-electron chi connectivity index (χ3n) is 4.58. The van der Waals surface area contributed by atoms with E-state index < -0.39 is 24.1 Å². The number of allylic oxidation sites excluding steroid dienone is 6. The van der Waals surface area contributed by atoms with E-state index in [1.165, 1.54) is 17.4 Å². The monoisotopic (exact) mass is 498 g/mol. The number of aliphatic hydroxyl groups is 1. The van der Waals surface area contributed by atoms with Crippen molar-refractivity contribution in [1.82, 2.24) is 9.88 Å². The fraction of sp³-hybridized carbons (Fsp3) is 0.423. The van der Waals surface area contributed by atoms with Gasteiger partial charge in [0.05, 0.1) is 11.1 Å². The fourth-order valence-electron chi connectivity index (χ4n) is 2.89. The van der Waals surface area contributed by atoms with Crippen molar-refractivity contribution in [3.8, 4) is 0 Å². The number of hydrogen-bond donors (Lipinski definition) is 1. The summed E-state index contributed by atoms with van der Waals surface area (Å²) in [7, 11) is 8.95. The minimum absolute atomic E-state index is 0.110. The van der Waals surface area contributed by atoms with E-state index in [0.717, 1.165) is 23.3 Å². The van der Waals surface area contributed by atoms with Gasteiger partial charge < -0.3 is 19.4 Å². The summed E-state index contributed by atoms with van der Waals surface area (Å²) in [5.74, 6) is -1.23. The number of likely N-dealkylation sites (N-methyl/N-ethyl adjacent to an activating group) is 1. The van der Waals surface area contributed by atoms with Gasteiger partial charge >= 0.3 is 20.0 Å². The average Bonchev–Trinajstić information content (AvgIpc) is 3.23. The molecule has 1 aromatic heterocycles. The molecule has 2 unspecified atom stereocenters. The quantitative estimate of drug-likeness (QED) is 0.189. The summed E-state index contributed by atoms with van der Waals surface area (Å²) in [5.41, 5.74) is 3.09. The summed E-state index contributed by atoms with van der Waals surface area (Å²) in [6.45, 7) is 8.38. The third-order valence-corrected chi connectivity index (χ3v) is 5.45. The number of ether oxygens (including phenoxy) is 1. The Bertz CT molecular complexity index is 990. The van der Waals surface area contributed by atoms with Gasteiger partial charge in [0.2, 0.25) is 0 Å². The Hall–Kier alpha value is -2.75. The summed E-state index contributed by atoms with van der Waals surface area (Å²) < 4.78 is 9.88. The summed E-state index contributed by atoms with van der Waals surface area (Å²) >= 11 is 1.26. The van der Waals surface area contributed by atoms with E-state index in [2.05, 4.69) is 20.6 Å². The number of carbonyl (C=O) groups excluding carboxylic acids is 2. The van der Waals surface area contributed by atoms with E-state index in [1.807, 2.05) is 53.1 Å². The number of aliphatic hydroxyl groups excluding tert-OH is 1. The van der Waals surface area contributed by atoms with Gasteiger partial charge in [0.1, 0.15) is 6.10 Å². The van der Waals surface area contributed by atoms with Gasteiger partial charge in [-0.2, -0.15) is 0 Å². The first-order valence-corrected chi connectivity index (χ1v) is 12.1. The Kier molecular flexibility index (Phi) is 13.9. The maximum Gasteiger partial charge on any atom is 0.378 e. The molecule has 0 saturated heterocycles. The molecule has 0 aliphatic heterocycles. The lowest BCUT2D eigenvalue weighted by atomic mass is 10.1. The summed E-state index contributed by atoms with van der Waals surface area (Å²) in [5, 5.41) is 11.6. The van der Waals surface area contributed by atoms with E-state index in [1.54, 1.807) is 24.5 Å². The van der Waals surface area contributed by atoms with Crippen LogP contribution in [0.15, 0.2) is 64.6 Å². The van der Waals surface area contributed by atoms with Crippen molar-refractivity contribution in [3.63, 3.8) is 0 Å². The zero-order valence-corrected chi connectivity index (χ0v) is 22.2. The van der Waals surface area contributed by atoms with Crippen LogP contribution < -0.4 is 0 Å². The van der Waals surface area contributed by atoms with Crippen molar-refractivity contribution >= 4 is 31.3 Å².